The molecule has 0 aliphatic heterocycles. The maximum Gasteiger partial charge on any atom is 0.240 e. The number of nitrogens with one attached hydrogen (secondary N) is 2. The summed E-state index contributed by atoms with van der Waals surface area (Å²) in [7, 11) is 0. The van der Waals surface area contributed by atoms with Gasteiger partial charge in [-0.1, -0.05) is 5.92 Å². The minimum Gasteiger partial charge on any atom is -0.474 e. The summed E-state index contributed by atoms with van der Waals surface area (Å²) in [6.07, 6.45) is 7.88. The number of nitrogens with zero attached hydrogens (tertiary/aromatic N) is 2. The van der Waals surface area contributed by atoms with Crippen LogP contribution in [0, 0.1) is 12.3 Å². The third-order valence-corrected chi connectivity index (χ3v) is 1.77. The number of aliphatic hydroxyl groups is 1. The third-order valence-electron chi connectivity index (χ3n) is 1.77. The quantitative estimate of drug-likeness (QED) is 0.538. The largest absolute Gasteiger partial charge is 0.474 e. The zero-order valence-corrected chi connectivity index (χ0v) is 9.72. The van der Waals surface area contributed by atoms with Crippen molar-refractivity contribution >= 4 is 11.7 Å². The van der Waals surface area contributed by atoms with Crippen LogP contribution in [0.4, 0.5) is 5.82 Å². The Balaban J connectivity index is 2.42. The summed E-state index contributed by atoms with van der Waals surface area (Å²) in [5, 5.41) is 13.9. The van der Waals surface area contributed by atoms with Crippen molar-refractivity contribution in [2.24, 2.45) is 0 Å². The number of carbonyl (C=O) groups is 1. The molecule has 1 aromatic rings. The number of hydrogen-bond donors (Lipinski definition) is 3. The lowest BCUT2D eigenvalue weighted by Crippen LogP contribution is -2.30. The molecule has 96 valence electrons. The first-order valence-electron chi connectivity index (χ1n) is 5.26. The highest BCUT2D eigenvalue weighted by molar-refractivity contribution is 5.80. The van der Waals surface area contributed by atoms with E-state index in [0.29, 0.717) is 5.82 Å². The average Bonchev–Trinajstić information content (AvgIpc) is 2.41. The maximum atomic E-state index is 11.3. The van der Waals surface area contributed by atoms with Gasteiger partial charge in [0.05, 0.1) is 32.1 Å². The summed E-state index contributed by atoms with van der Waals surface area (Å²) in [5.41, 5.74) is 0. The predicted molar refractivity (Wildman–Crippen MR) is 64.9 cm³/mol. The Kier molecular flexibility index (Phi) is 6.00. The lowest BCUT2D eigenvalue weighted by atomic mass is 10.5. The molecule has 7 heteroatoms. The van der Waals surface area contributed by atoms with E-state index in [4.69, 9.17) is 16.3 Å². The molecule has 0 unspecified atom stereocenters. The normalized spacial score (nSPS) is 9.33. The lowest BCUT2D eigenvalue weighted by Gasteiger charge is -2.07. The maximum absolute atomic E-state index is 11.3. The van der Waals surface area contributed by atoms with Crippen LogP contribution in [0.3, 0.4) is 0 Å². The van der Waals surface area contributed by atoms with Gasteiger partial charge in [-0.2, -0.15) is 4.98 Å². The van der Waals surface area contributed by atoms with Crippen LogP contribution in [0.25, 0.3) is 0 Å². The van der Waals surface area contributed by atoms with E-state index in [-0.39, 0.29) is 38.1 Å². The number of hydrogen-bond acceptors (Lipinski definition) is 6. The zero-order valence-electron chi connectivity index (χ0n) is 9.72. The number of aliphatic hydroxyl groups excluding tert-OH is 1. The van der Waals surface area contributed by atoms with E-state index >= 15 is 0 Å². The number of ether oxygens (including phenoxy) is 1. The lowest BCUT2D eigenvalue weighted by molar-refractivity contribution is -0.119. The zero-order chi connectivity index (χ0) is 13.2. The number of terminal acetylenes is 1. The first-order chi connectivity index (χ1) is 8.76. The van der Waals surface area contributed by atoms with Gasteiger partial charge in [-0.05, 0) is 0 Å². The van der Waals surface area contributed by atoms with Gasteiger partial charge in [0.1, 0.15) is 12.4 Å². The van der Waals surface area contributed by atoms with Gasteiger partial charge in [0.2, 0.25) is 11.8 Å². The number of carbonyl (C=O) groups excluding carboxylic acids is 1. The Labute approximate surface area is 105 Å². The highest BCUT2D eigenvalue weighted by atomic mass is 16.5. The molecule has 1 aromatic heterocycles. The second-order valence-corrected chi connectivity index (χ2v) is 3.15. The molecule has 1 heterocycles. The Morgan fingerprint density at radius 1 is 1.56 bits per heavy atom. The topological polar surface area (TPSA) is 96.4 Å². The van der Waals surface area contributed by atoms with Gasteiger partial charge in [-0.3, -0.25) is 9.78 Å². The molecule has 7 nitrogen and oxygen atoms in total. The van der Waals surface area contributed by atoms with E-state index < -0.39 is 0 Å². The molecular formula is C11H14N4O3. The van der Waals surface area contributed by atoms with Gasteiger partial charge in [-0.15, -0.1) is 6.42 Å². The van der Waals surface area contributed by atoms with Crippen LogP contribution in [-0.2, 0) is 4.79 Å². The molecule has 0 spiro atoms. The summed E-state index contributed by atoms with van der Waals surface area (Å²) in [5.74, 6) is 2.74. The molecule has 0 radical (unpaired) electrons. The Morgan fingerprint density at radius 2 is 2.39 bits per heavy atom. The Bertz CT molecular complexity index is 431. The summed E-state index contributed by atoms with van der Waals surface area (Å²) in [6.45, 7) is 0.264. The second-order valence-electron chi connectivity index (χ2n) is 3.15. The molecule has 1 amide bonds. The van der Waals surface area contributed by atoms with E-state index in [0.717, 1.165) is 0 Å². The van der Waals surface area contributed by atoms with Gasteiger partial charge in [0, 0.05) is 0 Å². The Hall–Kier alpha value is -2.33. The molecule has 3 N–H and O–H groups in total. The van der Waals surface area contributed by atoms with Gasteiger partial charge in [0.25, 0.3) is 0 Å². The van der Waals surface area contributed by atoms with Gasteiger partial charge >= 0.3 is 0 Å². The molecule has 0 aliphatic rings. The Morgan fingerprint density at radius 3 is 3.11 bits per heavy atom. The summed E-state index contributed by atoms with van der Waals surface area (Å²) in [6, 6.07) is 0. The van der Waals surface area contributed by atoms with Crippen molar-refractivity contribution < 1.29 is 14.6 Å². The fourth-order valence-corrected chi connectivity index (χ4v) is 1.04. The van der Waals surface area contributed by atoms with Crippen molar-refractivity contribution in [2.75, 3.05) is 31.6 Å². The highest BCUT2D eigenvalue weighted by Gasteiger charge is 2.02. The van der Waals surface area contributed by atoms with Crippen LogP contribution >= 0.6 is 0 Å². The monoisotopic (exact) mass is 250 g/mol. The fourth-order valence-electron chi connectivity index (χ4n) is 1.04. The molecule has 1 rings (SSSR count). The van der Waals surface area contributed by atoms with Crippen molar-refractivity contribution in [3.05, 3.63) is 12.4 Å². The third kappa shape index (κ3) is 5.14. The van der Waals surface area contributed by atoms with Crippen LogP contribution in [0.15, 0.2) is 12.4 Å². The molecule has 18 heavy (non-hydrogen) atoms. The SMILES string of the molecule is C#CCNC(=O)CNc1cncc(OCCO)n1. The number of anilines is 1. The van der Waals surface area contributed by atoms with Crippen molar-refractivity contribution in [2.45, 2.75) is 0 Å². The van der Waals surface area contributed by atoms with Crippen molar-refractivity contribution in [1.82, 2.24) is 15.3 Å². The van der Waals surface area contributed by atoms with Crippen molar-refractivity contribution in [3.63, 3.8) is 0 Å². The van der Waals surface area contributed by atoms with Gasteiger partial charge < -0.3 is 20.5 Å². The van der Waals surface area contributed by atoms with Crippen LogP contribution in [-0.4, -0.2) is 47.3 Å². The van der Waals surface area contributed by atoms with Crippen LogP contribution in [0.1, 0.15) is 0 Å². The molecule has 0 aliphatic carbocycles. The number of rotatable bonds is 7. The van der Waals surface area contributed by atoms with Crippen molar-refractivity contribution in [3.8, 4) is 18.2 Å². The molecule has 0 saturated carbocycles. The number of aromatic nitrogens is 2. The minimum absolute atomic E-state index is 0.0415. The average molecular weight is 250 g/mol. The van der Waals surface area contributed by atoms with Crippen LogP contribution < -0.4 is 15.4 Å². The standard InChI is InChI=1S/C11H14N4O3/c1-2-3-13-10(17)7-14-9-6-12-8-11(15-9)18-5-4-16/h1,6,8,16H,3-5,7H2,(H,13,17)(H,14,15). The smallest absolute Gasteiger partial charge is 0.240 e. The van der Waals surface area contributed by atoms with Crippen LogP contribution in [0.5, 0.6) is 5.88 Å². The summed E-state index contributed by atoms with van der Waals surface area (Å²) in [4.78, 5) is 19.2. The summed E-state index contributed by atoms with van der Waals surface area (Å²) >= 11 is 0. The van der Waals surface area contributed by atoms with Crippen molar-refractivity contribution in [1.29, 1.82) is 0 Å². The number of amides is 1. The van der Waals surface area contributed by atoms with Gasteiger partial charge in [0.15, 0.2) is 0 Å². The molecule has 0 fully saturated rings. The van der Waals surface area contributed by atoms with Crippen LogP contribution in [0.2, 0.25) is 0 Å². The van der Waals surface area contributed by atoms with E-state index in [1.165, 1.54) is 12.4 Å². The first-order valence-corrected chi connectivity index (χ1v) is 5.26. The second kappa shape index (κ2) is 7.86. The van der Waals surface area contributed by atoms with Gasteiger partial charge in [-0.25, -0.2) is 0 Å². The van der Waals surface area contributed by atoms with E-state index in [1.54, 1.807) is 0 Å². The predicted octanol–water partition coefficient (Wildman–Crippen LogP) is -0.991. The molecular weight excluding hydrogens is 236 g/mol. The highest BCUT2D eigenvalue weighted by Crippen LogP contribution is 2.08. The van der Waals surface area contributed by atoms with E-state index in [1.807, 2.05) is 0 Å². The molecule has 0 bridgehead atoms. The molecule has 0 aromatic carbocycles. The minimum atomic E-state index is -0.239. The fraction of sp³-hybridized carbons (Fsp3) is 0.364. The molecule has 0 atom stereocenters. The van der Waals surface area contributed by atoms with E-state index in [2.05, 4.69) is 26.5 Å². The first kappa shape index (κ1) is 13.7. The van der Waals surface area contributed by atoms with E-state index in [9.17, 15) is 4.79 Å². The molecule has 0 saturated heterocycles. The summed E-state index contributed by atoms with van der Waals surface area (Å²) < 4.78 is 5.08.